The van der Waals surface area contributed by atoms with E-state index in [2.05, 4.69) is 41.4 Å². The second-order valence-corrected chi connectivity index (χ2v) is 6.69. The molecule has 6 heteroatoms. The molecule has 0 radical (unpaired) electrons. The molecule has 0 aliphatic rings. The van der Waals surface area contributed by atoms with Gasteiger partial charge in [0, 0.05) is 22.3 Å². The van der Waals surface area contributed by atoms with E-state index < -0.39 is 0 Å². The Morgan fingerprint density at radius 1 is 1.05 bits per heavy atom. The third-order valence-corrected chi connectivity index (χ3v) is 3.10. The van der Waals surface area contributed by atoms with Gasteiger partial charge >= 0.3 is 0 Å². The summed E-state index contributed by atoms with van der Waals surface area (Å²) in [5, 5.41) is 7.59. The number of hydrogen-bond donors (Lipinski definition) is 2. The Morgan fingerprint density at radius 2 is 1.76 bits per heavy atom. The van der Waals surface area contributed by atoms with Crippen molar-refractivity contribution in [2.45, 2.75) is 33.2 Å². The molecular weight excluding hydrogens is 307 g/mol. The molecule has 1 aromatic carbocycles. The first-order valence-corrected chi connectivity index (χ1v) is 7.34. The van der Waals surface area contributed by atoms with Crippen LogP contribution >= 0.6 is 23.2 Å². The van der Waals surface area contributed by atoms with Gasteiger partial charge in [0.05, 0.1) is 10.7 Å². The lowest BCUT2D eigenvalue weighted by Gasteiger charge is -2.21. The van der Waals surface area contributed by atoms with Crippen LogP contribution in [0.4, 0.5) is 17.5 Å². The van der Waals surface area contributed by atoms with E-state index in [4.69, 9.17) is 23.2 Å². The van der Waals surface area contributed by atoms with Gasteiger partial charge in [-0.2, -0.15) is 4.98 Å². The van der Waals surface area contributed by atoms with E-state index in [-0.39, 0.29) is 5.54 Å². The number of halogens is 2. The monoisotopic (exact) mass is 324 g/mol. The fourth-order valence-corrected chi connectivity index (χ4v) is 2.12. The van der Waals surface area contributed by atoms with Gasteiger partial charge in [-0.05, 0) is 45.9 Å². The van der Waals surface area contributed by atoms with Gasteiger partial charge in [-0.3, -0.25) is 0 Å². The maximum atomic E-state index is 6.14. The molecule has 112 valence electrons. The molecule has 2 rings (SSSR count). The Hall–Kier alpha value is -1.52. The molecule has 0 aliphatic carbocycles. The van der Waals surface area contributed by atoms with Gasteiger partial charge in [-0.15, -0.1) is 0 Å². The summed E-state index contributed by atoms with van der Waals surface area (Å²) >= 11 is 12.1. The third-order valence-electron chi connectivity index (χ3n) is 2.53. The zero-order valence-electron chi connectivity index (χ0n) is 12.5. The van der Waals surface area contributed by atoms with Crippen LogP contribution in [0.5, 0.6) is 0 Å². The predicted octanol–water partition coefficient (Wildman–Crippen LogP) is 5.05. The molecular formula is C15H18Cl2N4. The van der Waals surface area contributed by atoms with Crippen LogP contribution in [0.15, 0.2) is 24.3 Å². The minimum atomic E-state index is -0.0776. The molecule has 2 N–H and O–H groups in total. The summed E-state index contributed by atoms with van der Waals surface area (Å²) in [7, 11) is 0. The number of nitrogens with one attached hydrogen (secondary N) is 2. The number of hydrogen-bond acceptors (Lipinski definition) is 4. The largest absolute Gasteiger partial charge is 0.365 e. The SMILES string of the molecule is Cc1cc(NC(C)(C)C)nc(Nc2cc(Cl)ccc2Cl)n1. The van der Waals surface area contributed by atoms with E-state index in [9.17, 15) is 0 Å². The van der Waals surface area contributed by atoms with E-state index in [1.807, 2.05) is 13.0 Å². The summed E-state index contributed by atoms with van der Waals surface area (Å²) in [6, 6.07) is 7.11. The summed E-state index contributed by atoms with van der Waals surface area (Å²) in [5.74, 6) is 1.24. The zero-order chi connectivity index (χ0) is 15.6. The molecule has 4 nitrogen and oxygen atoms in total. The molecule has 0 fully saturated rings. The van der Waals surface area contributed by atoms with Crippen LogP contribution in [-0.4, -0.2) is 15.5 Å². The summed E-state index contributed by atoms with van der Waals surface area (Å²) in [6.45, 7) is 8.14. The van der Waals surface area contributed by atoms with E-state index >= 15 is 0 Å². The molecule has 21 heavy (non-hydrogen) atoms. The average Bonchev–Trinajstić information content (AvgIpc) is 2.31. The van der Waals surface area contributed by atoms with E-state index in [0.29, 0.717) is 21.7 Å². The maximum absolute atomic E-state index is 6.14. The molecule has 0 atom stereocenters. The highest BCUT2D eigenvalue weighted by atomic mass is 35.5. The Labute approximate surface area is 134 Å². The number of rotatable bonds is 3. The lowest BCUT2D eigenvalue weighted by atomic mass is 10.1. The topological polar surface area (TPSA) is 49.8 Å². The normalized spacial score (nSPS) is 11.3. The van der Waals surface area contributed by atoms with Crippen molar-refractivity contribution in [1.82, 2.24) is 9.97 Å². The highest BCUT2D eigenvalue weighted by Crippen LogP contribution is 2.28. The second kappa shape index (κ2) is 6.08. The quantitative estimate of drug-likeness (QED) is 0.829. The van der Waals surface area contributed by atoms with Crippen molar-refractivity contribution in [3.05, 3.63) is 40.0 Å². The van der Waals surface area contributed by atoms with Crippen molar-refractivity contribution >= 4 is 40.7 Å². The Balaban J connectivity index is 2.30. The highest BCUT2D eigenvalue weighted by molar-refractivity contribution is 6.35. The van der Waals surface area contributed by atoms with Crippen LogP contribution in [0, 0.1) is 6.92 Å². The fourth-order valence-electron chi connectivity index (χ4n) is 1.79. The van der Waals surface area contributed by atoms with Gasteiger partial charge in [0.2, 0.25) is 5.95 Å². The van der Waals surface area contributed by atoms with Crippen molar-refractivity contribution in [2.24, 2.45) is 0 Å². The van der Waals surface area contributed by atoms with Crippen molar-refractivity contribution in [3.8, 4) is 0 Å². The molecule has 0 aliphatic heterocycles. The molecule has 2 aromatic rings. The average molecular weight is 325 g/mol. The minimum absolute atomic E-state index is 0.0776. The molecule has 0 saturated heterocycles. The Bertz CT molecular complexity index is 651. The highest BCUT2D eigenvalue weighted by Gasteiger charge is 2.12. The predicted molar refractivity (Wildman–Crippen MR) is 89.9 cm³/mol. The van der Waals surface area contributed by atoms with Crippen molar-refractivity contribution in [1.29, 1.82) is 0 Å². The number of nitrogens with zero attached hydrogens (tertiary/aromatic N) is 2. The summed E-state index contributed by atoms with van der Waals surface area (Å²) in [6.07, 6.45) is 0. The van der Waals surface area contributed by atoms with Gasteiger partial charge in [-0.25, -0.2) is 4.98 Å². The lowest BCUT2D eigenvalue weighted by Crippen LogP contribution is -2.27. The van der Waals surface area contributed by atoms with Gasteiger partial charge in [0.1, 0.15) is 5.82 Å². The zero-order valence-corrected chi connectivity index (χ0v) is 14.0. The first kappa shape index (κ1) is 15.9. The number of aromatic nitrogens is 2. The Morgan fingerprint density at radius 3 is 2.43 bits per heavy atom. The number of anilines is 3. The summed E-state index contributed by atoms with van der Waals surface area (Å²) in [5.41, 5.74) is 1.46. The maximum Gasteiger partial charge on any atom is 0.229 e. The van der Waals surface area contributed by atoms with Gasteiger partial charge < -0.3 is 10.6 Å². The first-order chi connectivity index (χ1) is 9.73. The number of aryl methyl sites for hydroxylation is 1. The second-order valence-electron chi connectivity index (χ2n) is 5.84. The van der Waals surface area contributed by atoms with E-state index in [1.165, 1.54) is 0 Å². The molecule has 0 bridgehead atoms. The van der Waals surface area contributed by atoms with Crippen molar-refractivity contribution in [2.75, 3.05) is 10.6 Å². The molecule has 0 unspecified atom stereocenters. The third kappa shape index (κ3) is 4.76. The van der Waals surface area contributed by atoms with Crippen LogP contribution in [0.3, 0.4) is 0 Å². The van der Waals surface area contributed by atoms with E-state index in [0.717, 1.165) is 11.5 Å². The molecule has 1 heterocycles. The number of benzene rings is 1. The van der Waals surface area contributed by atoms with Crippen molar-refractivity contribution in [3.63, 3.8) is 0 Å². The smallest absolute Gasteiger partial charge is 0.229 e. The van der Waals surface area contributed by atoms with Crippen LogP contribution < -0.4 is 10.6 Å². The Kier molecular flexibility index (Phi) is 4.59. The minimum Gasteiger partial charge on any atom is -0.365 e. The fraction of sp³-hybridized carbons (Fsp3) is 0.333. The van der Waals surface area contributed by atoms with Crippen molar-refractivity contribution < 1.29 is 0 Å². The van der Waals surface area contributed by atoms with E-state index in [1.54, 1.807) is 18.2 Å². The first-order valence-electron chi connectivity index (χ1n) is 6.59. The lowest BCUT2D eigenvalue weighted by molar-refractivity contribution is 0.630. The summed E-state index contributed by atoms with van der Waals surface area (Å²) < 4.78 is 0. The van der Waals surface area contributed by atoms with Gasteiger partial charge in [-0.1, -0.05) is 23.2 Å². The van der Waals surface area contributed by atoms with Crippen LogP contribution in [0.2, 0.25) is 10.0 Å². The molecule has 1 aromatic heterocycles. The summed E-state index contributed by atoms with van der Waals surface area (Å²) in [4.78, 5) is 8.82. The molecule has 0 amide bonds. The van der Waals surface area contributed by atoms with Gasteiger partial charge in [0.25, 0.3) is 0 Å². The van der Waals surface area contributed by atoms with Crippen LogP contribution in [0.25, 0.3) is 0 Å². The molecule has 0 saturated carbocycles. The van der Waals surface area contributed by atoms with Crippen LogP contribution in [0.1, 0.15) is 26.5 Å². The van der Waals surface area contributed by atoms with Crippen LogP contribution in [-0.2, 0) is 0 Å². The molecule has 0 spiro atoms. The standard InChI is InChI=1S/C15H18Cl2N4/c1-9-7-13(21-15(2,3)4)20-14(18-9)19-12-8-10(16)5-6-11(12)17/h5-8H,1-4H3,(H2,18,19,20,21). The van der Waals surface area contributed by atoms with Gasteiger partial charge in [0.15, 0.2) is 0 Å².